The molecule has 6 heteroatoms. The summed E-state index contributed by atoms with van der Waals surface area (Å²) >= 11 is 0. The summed E-state index contributed by atoms with van der Waals surface area (Å²) in [7, 11) is 0. The zero-order chi connectivity index (χ0) is 16.9. The second-order valence-electron chi connectivity index (χ2n) is 7.28. The van der Waals surface area contributed by atoms with Crippen molar-refractivity contribution in [1.29, 1.82) is 0 Å². The Morgan fingerprint density at radius 1 is 1.00 bits per heavy atom. The molecule has 0 radical (unpaired) electrons. The molecule has 2 bridgehead atoms. The maximum atomic E-state index is 12.9. The predicted molar refractivity (Wildman–Crippen MR) is 78.7 cm³/mol. The first-order chi connectivity index (χ1) is 11.3. The van der Waals surface area contributed by atoms with Crippen molar-refractivity contribution in [3.8, 4) is 0 Å². The largest absolute Gasteiger partial charge is 0.416 e. The number of allylic oxidation sites excluding steroid dienone is 2. The molecular formula is C18H14F3NO2. The molecule has 1 aliphatic heterocycles. The van der Waals surface area contributed by atoms with Crippen LogP contribution in [0.5, 0.6) is 0 Å². The van der Waals surface area contributed by atoms with E-state index >= 15 is 0 Å². The lowest BCUT2D eigenvalue weighted by atomic mass is 9.85. The first-order valence-corrected chi connectivity index (χ1v) is 8.08. The van der Waals surface area contributed by atoms with E-state index in [4.69, 9.17) is 0 Å². The van der Waals surface area contributed by atoms with Crippen LogP contribution in [0.1, 0.15) is 18.4 Å². The molecule has 124 valence electrons. The molecule has 24 heavy (non-hydrogen) atoms. The highest BCUT2D eigenvalue weighted by Crippen LogP contribution is 2.73. The third-order valence-corrected chi connectivity index (χ3v) is 6.28. The quantitative estimate of drug-likeness (QED) is 0.583. The Hall–Kier alpha value is -2.11. The monoisotopic (exact) mass is 333 g/mol. The molecule has 1 aromatic rings. The molecule has 3 fully saturated rings. The molecule has 3 aliphatic carbocycles. The molecule has 3 nitrogen and oxygen atoms in total. The normalized spacial score (nSPS) is 35.2. The Balaban J connectivity index is 1.54. The Labute approximate surface area is 136 Å². The smallest absolute Gasteiger partial charge is 0.274 e. The van der Waals surface area contributed by atoms with Crippen LogP contribution in [-0.2, 0) is 15.8 Å². The Kier molecular flexibility index (Phi) is 2.44. The minimum Gasteiger partial charge on any atom is -0.274 e. The molecule has 1 spiro atoms. The van der Waals surface area contributed by atoms with E-state index in [9.17, 15) is 22.8 Å². The third-order valence-electron chi connectivity index (χ3n) is 6.28. The number of rotatable bonds is 1. The number of hydrogen-bond acceptors (Lipinski definition) is 2. The summed E-state index contributed by atoms with van der Waals surface area (Å²) in [5.41, 5.74) is -0.739. The fraction of sp³-hybridized carbons (Fsp3) is 0.444. The number of carbonyl (C=O) groups is 2. The van der Waals surface area contributed by atoms with E-state index in [1.54, 1.807) is 0 Å². The fourth-order valence-electron chi connectivity index (χ4n) is 5.15. The number of anilines is 1. The summed E-state index contributed by atoms with van der Waals surface area (Å²) in [6.45, 7) is 0. The number of benzene rings is 1. The van der Waals surface area contributed by atoms with Gasteiger partial charge in [-0.15, -0.1) is 0 Å². The zero-order valence-corrected chi connectivity index (χ0v) is 12.6. The highest BCUT2D eigenvalue weighted by molar-refractivity contribution is 6.23. The third kappa shape index (κ3) is 1.54. The van der Waals surface area contributed by atoms with E-state index in [1.165, 1.54) is 12.1 Å². The standard InChI is InChI=1S/C18H14F3NO2/c19-18(20,21)9-2-1-3-10(8-9)22-15(23)13-11-4-5-12(14(13)16(22)24)17(11)6-7-17/h1-5,8,11-14H,6-7H2/t11-,12-,13+,14+/m1/s1. The van der Waals surface area contributed by atoms with Crippen LogP contribution in [-0.4, -0.2) is 11.8 Å². The van der Waals surface area contributed by atoms with Gasteiger partial charge in [0.05, 0.1) is 23.1 Å². The number of imide groups is 1. The summed E-state index contributed by atoms with van der Waals surface area (Å²) < 4.78 is 38.8. The van der Waals surface area contributed by atoms with Gasteiger partial charge in [0.15, 0.2) is 0 Å². The molecule has 0 unspecified atom stereocenters. The van der Waals surface area contributed by atoms with Crippen molar-refractivity contribution in [1.82, 2.24) is 0 Å². The van der Waals surface area contributed by atoms with Gasteiger partial charge in [-0.1, -0.05) is 18.2 Å². The molecule has 4 atom stereocenters. The van der Waals surface area contributed by atoms with Gasteiger partial charge in [-0.25, -0.2) is 0 Å². The van der Waals surface area contributed by atoms with Gasteiger partial charge in [0, 0.05) is 0 Å². The van der Waals surface area contributed by atoms with Crippen molar-refractivity contribution in [3.63, 3.8) is 0 Å². The van der Waals surface area contributed by atoms with Gasteiger partial charge in [-0.3, -0.25) is 14.5 Å². The lowest BCUT2D eigenvalue weighted by molar-refractivity contribution is -0.137. The van der Waals surface area contributed by atoms with Crippen LogP contribution in [0, 0.1) is 29.1 Å². The molecule has 2 saturated carbocycles. The van der Waals surface area contributed by atoms with Crippen LogP contribution in [0.3, 0.4) is 0 Å². The summed E-state index contributed by atoms with van der Waals surface area (Å²) in [6, 6.07) is 4.47. The van der Waals surface area contributed by atoms with E-state index in [0.717, 1.165) is 29.9 Å². The van der Waals surface area contributed by atoms with Gasteiger partial charge >= 0.3 is 6.18 Å². The lowest BCUT2D eigenvalue weighted by Gasteiger charge is -2.22. The summed E-state index contributed by atoms with van der Waals surface area (Å²) in [5, 5.41) is 0. The minimum absolute atomic E-state index is 0.0264. The fourth-order valence-corrected chi connectivity index (χ4v) is 5.15. The first-order valence-electron chi connectivity index (χ1n) is 8.08. The van der Waals surface area contributed by atoms with Crippen LogP contribution in [0.15, 0.2) is 36.4 Å². The Morgan fingerprint density at radius 3 is 2.08 bits per heavy atom. The van der Waals surface area contributed by atoms with Crippen LogP contribution in [0.4, 0.5) is 18.9 Å². The number of hydrogen-bond donors (Lipinski definition) is 0. The van der Waals surface area contributed by atoms with Gasteiger partial charge in [-0.05, 0) is 48.3 Å². The molecule has 4 aliphatic rings. The van der Waals surface area contributed by atoms with Gasteiger partial charge in [-0.2, -0.15) is 13.2 Å². The molecule has 0 N–H and O–H groups in total. The van der Waals surface area contributed by atoms with E-state index in [2.05, 4.69) is 0 Å². The number of alkyl halides is 3. The van der Waals surface area contributed by atoms with Crippen molar-refractivity contribution < 1.29 is 22.8 Å². The summed E-state index contributed by atoms with van der Waals surface area (Å²) in [5.74, 6) is -1.34. The average Bonchev–Trinajstić information content (AvgIpc) is 3.12. The highest BCUT2D eigenvalue weighted by atomic mass is 19.4. The maximum absolute atomic E-state index is 12.9. The Bertz CT molecular complexity index is 775. The maximum Gasteiger partial charge on any atom is 0.416 e. The van der Waals surface area contributed by atoms with Gasteiger partial charge in [0.2, 0.25) is 11.8 Å². The Morgan fingerprint density at radius 2 is 1.58 bits per heavy atom. The number of halogens is 3. The predicted octanol–water partition coefficient (Wildman–Crippen LogP) is 3.41. The second-order valence-corrected chi connectivity index (χ2v) is 7.28. The molecule has 1 saturated heterocycles. The zero-order valence-electron chi connectivity index (χ0n) is 12.6. The molecular weight excluding hydrogens is 319 g/mol. The molecule has 5 rings (SSSR count). The van der Waals surface area contributed by atoms with Crippen molar-refractivity contribution in [2.75, 3.05) is 4.90 Å². The average molecular weight is 333 g/mol. The second kappa shape index (κ2) is 4.10. The van der Waals surface area contributed by atoms with Crippen LogP contribution in [0.2, 0.25) is 0 Å². The van der Waals surface area contributed by atoms with Crippen molar-refractivity contribution in [2.24, 2.45) is 29.1 Å². The lowest BCUT2D eigenvalue weighted by Crippen LogP contribution is -2.34. The van der Waals surface area contributed by atoms with Gasteiger partial charge < -0.3 is 0 Å². The number of amides is 2. The van der Waals surface area contributed by atoms with Crippen LogP contribution in [0.25, 0.3) is 0 Å². The van der Waals surface area contributed by atoms with Gasteiger partial charge in [0.25, 0.3) is 0 Å². The molecule has 1 heterocycles. The number of nitrogens with zero attached hydrogens (tertiary/aromatic N) is 1. The number of carbonyl (C=O) groups excluding carboxylic acids is 2. The van der Waals surface area contributed by atoms with E-state index in [-0.39, 0.29) is 34.8 Å². The first kappa shape index (κ1) is 14.3. The van der Waals surface area contributed by atoms with Gasteiger partial charge in [0.1, 0.15) is 0 Å². The molecule has 2 amide bonds. The van der Waals surface area contributed by atoms with Crippen LogP contribution < -0.4 is 4.90 Å². The minimum atomic E-state index is -4.50. The van der Waals surface area contributed by atoms with Crippen molar-refractivity contribution in [3.05, 3.63) is 42.0 Å². The van der Waals surface area contributed by atoms with E-state index in [0.29, 0.717) is 0 Å². The summed E-state index contributed by atoms with van der Waals surface area (Å²) in [6.07, 6.45) is 1.65. The van der Waals surface area contributed by atoms with Crippen molar-refractivity contribution >= 4 is 17.5 Å². The number of fused-ring (bicyclic) bond motifs is 3. The van der Waals surface area contributed by atoms with E-state index in [1.807, 2.05) is 12.2 Å². The topological polar surface area (TPSA) is 37.4 Å². The molecule has 0 aromatic heterocycles. The van der Waals surface area contributed by atoms with Crippen molar-refractivity contribution in [2.45, 2.75) is 19.0 Å². The SMILES string of the molecule is O=C1[C@@H]2[C@@H](C(=O)N1c1cccc(C(F)(F)F)c1)[C@H]1C=C[C@H]2C12CC2. The van der Waals surface area contributed by atoms with Crippen LogP contribution >= 0.6 is 0 Å². The molecule has 1 aromatic carbocycles. The summed E-state index contributed by atoms with van der Waals surface area (Å²) in [4.78, 5) is 26.7. The highest BCUT2D eigenvalue weighted by Gasteiger charge is 2.73. The van der Waals surface area contributed by atoms with E-state index < -0.39 is 23.6 Å².